The Bertz CT molecular complexity index is 849. The largest absolute Gasteiger partial charge is 0.416 e. The molecule has 0 fully saturated rings. The Hall–Kier alpha value is -1.38. The number of nitrogens with zero attached hydrogens (tertiary/aromatic N) is 1. The second-order valence-corrected chi connectivity index (χ2v) is 7.21. The highest BCUT2D eigenvalue weighted by molar-refractivity contribution is 9.10. The molecule has 9 heteroatoms. The minimum absolute atomic E-state index is 0.333. The van der Waals surface area contributed by atoms with Crippen LogP contribution in [0.2, 0.25) is 5.02 Å². The molecule has 2 rings (SSSR count). The van der Waals surface area contributed by atoms with E-state index >= 15 is 0 Å². The Morgan fingerprint density at radius 2 is 1.70 bits per heavy atom. The second-order valence-electron chi connectivity index (χ2n) is 4.37. The normalized spacial score (nSPS) is 12.7. The first kappa shape index (κ1) is 18.0. The first-order chi connectivity index (χ1) is 10.6. The molecule has 0 N–H and O–H groups in total. The highest BCUT2D eigenvalue weighted by Gasteiger charge is 2.30. The standard InChI is InChI=1S/C14H8BrClF3NO2S/c15-13-9(2-1-3-12(13)16)8-20-23(21,22)11-6-4-10(5-7-11)14(17,18)19/h1-8H/b20-8+. The third-order valence-corrected chi connectivity index (χ3v) is 5.47. The van der Waals surface area contributed by atoms with E-state index < -0.39 is 21.8 Å². The van der Waals surface area contributed by atoms with E-state index in [2.05, 4.69) is 20.3 Å². The number of halogens is 5. The van der Waals surface area contributed by atoms with Crippen LogP contribution in [0.5, 0.6) is 0 Å². The van der Waals surface area contributed by atoms with Crippen LogP contribution < -0.4 is 0 Å². The van der Waals surface area contributed by atoms with Crippen molar-refractivity contribution < 1.29 is 21.6 Å². The summed E-state index contributed by atoms with van der Waals surface area (Å²) in [6, 6.07) is 7.91. The smallest absolute Gasteiger partial charge is 0.199 e. The third-order valence-electron chi connectivity index (χ3n) is 2.79. The molecule has 0 aliphatic rings. The van der Waals surface area contributed by atoms with Crippen LogP contribution in [0.1, 0.15) is 11.1 Å². The Morgan fingerprint density at radius 1 is 1.09 bits per heavy atom. The van der Waals surface area contributed by atoms with Crippen molar-refractivity contribution in [1.82, 2.24) is 0 Å². The Morgan fingerprint density at radius 3 is 2.26 bits per heavy atom. The lowest BCUT2D eigenvalue weighted by Crippen LogP contribution is -2.05. The van der Waals surface area contributed by atoms with Gasteiger partial charge in [-0.1, -0.05) is 23.7 Å². The van der Waals surface area contributed by atoms with Crippen molar-refractivity contribution in [2.24, 2.45) is 4.40 Å². The fraction of sp³-hybridized carbons (Fsp3) is 0.0714. The first-order valence-electron chi connectivity index (χ1n) is 6.03. The van der Waals surface area contributed by atoms with Gasteiger partial charge in [-0.15, -0.1) is 0 Å². The van der Waals surface area contributed by atoms with E-state index in [1.165, 1.54) is 0 Å². The monoisotopic (exact) mass is 425 g/mol. The maximum absolute atomic E-state index is 12.5. The van der Waals surface area contributed by atoms with E-state index in [0.29, 0.717) is 27.2 Å². The summed E-state index contributed by atoms with van der Waals surface area (Å²) < 4.78 is 65.4. The minimum atomic E-state index is -4.53. The summed E-state index contributed by atoms with van der Waals surface area (Å²) >= 11 is 9.07. The van der Waals surface area contributed by atoms with Gasteiger partial charge >= 0.3 is 6.18 Å². The zero-order valence-corrected chi connectivity index (χ0v) is 14.3. The summed E-state index contributed by atoms with van der Waals surface area (Å²) in [5, 5.41) is 0.376. The summed E-state index contributed by atoms with van der Waals surface area (Å²) in [5.74, 6) is 0. The van der Waals surface area contributed by atoms with Crippen LogP contribution in [0.4, 0.5) is 13.2 Å². The van der Waals surface area contributed by atoms with Gasteiger partial charge in [0.2, 0.25) is 0 Å². The molecule has 0 aliphatic carbocycles. The van der Waals surface area contributed by atoms with E-state index in [0.717, 1.165) is 18.3 Å². The van der Waals surface area contributed by atoms with Crippen molar-refractivity contribution in [3.63, 3.8) is 0 Å². The molecule has 0 radical (unpaired) electrons. The fourth-order valence-electron chi connectivity index (χ4n) is 1.62. The van der Waals surface area contributed by atoms with Crippen molar-refractivity contribution in [2.45, 2.75) is 11.1 Å². The number of rotatable bonds is 3. The number of alkyl halides is 3. The lowest BCUT2D eigenvalue weighted by Gasteiger charge is -2.06. The summed E-state index contributed by atoms with van der Waals surface area (Å²) in [5.41, 5.74) is -0.508. The number of benzene rings is 2. The fourth-order valence-corrected chi connectivity index (χ4v) is 3.03. The molecular weight excluding hydrogens is 419 g/mol. The SMILES string of the molecule is O=S(=O)(/N=C/c1cccc(Cl)c1Br)c1ccc(C(F)(F)F)cc1. The number of hydrogen-bond acceptors (Lipinski definition) is 2. The minimum Gasteiger partial charge on any atom is -0.199 e. The van der Waals surface area contributed by atoms with E-state index in [1.54, 1.807) is 18.2 Å². The second kappa shape index (κ2) is 6.62. The molecule has 0 aliphatic heterocycles. The quantitative estimate of drug-likeness (QED) is 0.654. The predicted molar refractivity (Wildman–Crippen MR) is 85.4 cm³/mol. The third kappa shape index (κ3) is 4.33. The zero-order valence-electron chi connectivity index (χ0n) is 11.2. The van der Waals surface area contributed by atoms with Gasteiger partial charge in [0.1, 0.15) is 0 Å². The topological polar surface area (TPSA) is 46.5 Å². The number of sulfonamides is 1. The van der Waals surface area contributed by atoms with E-state index in [-0.39, 0.29) is 4.90 Å². The van der Waals surface area contributed by atoms with Gasteiger partial charge in [-0.05, 0) is 46.3 Å². The van der Waals surface area contributed by atoms with Crippen LogP contribution in [-0.4, -0.2) is 14.6 Å². The summed E-state index contributed by atoms with van der Waals surface area (Å²) in [4.78, 5) is -0.333. The van der Waals surface area contributed by atoms with Gasteiger partial charge in [0.15, 0.2) is 0 Å². The molecule has 3 nitrogen and oxygen atoms in total. The molecule has 0 spiro atoms. The zero-order chi connectivity index (χ0) is 17.3. The molecular formula is C14H8BrClF3NO2S. The molecule has 0 unspecified atom stereocenters. The molecule has 23 heavy (non-hydrogen) atoms. The van der Waals surface area contributed by atoms with E-state index in [9.17, 15) is 21.6 Å². The molecule has 122 valence electrons. The maximum atomic E-state index is 12.5. The molecule has 0 saturated heterocycles. The van der Waals surface area contributed by atoms with Crippen molar-refractivity contribution >= 4 is 43.8 Å². The van der Waals surface area contributed by atoms with Crippen LogP contribution in [0.3, 0.4) is 0 Å². The molecule has 0 amide bonds. The predicted octanol–water partition coefficient (Wildman–Crippen LogP) is 4.93. The summed E-state index contributed by atoms with van der Waals surface area (Å²) in [6.45, 7) is 0. The lowest BCUT2D eigenvalue weighted by atomic mass is 10.2. The van der Waals surface area contributed by atoms with Crippen molar-refractivity contribution in [3.8, 4) is 0 Å². The maximum Gasteiger partial charge on any atom is 0.416 e. The van der Waals surface area contributed by atoms with Gasteiger partial charge in [-0.3, -0.25) is 0 Å². The van der Waals surface area contributed by atoms with Crippen molar-refractivity contribution in [3.05, 3.63) is 63.1 Å². The van der Waals surface area contributed by atoms with Crippen LogP contribution in [0.25, 0.3) is 0 Å². The average Bonchev–Trinajstić information content (AvgIpc) is 2.48. The highest BCUT2D eigenvalue weighted by atomic mass is 79.9. The van der Waals surface area contributed by atoms with Crippen LogP contribution >= 0.6 is 27.5 Å². The molecule has 2 aromatic carbocycles. The summed E-state index contributed by atoms with van der Waals surface area (Å²) in [6.07, 6.45) is -3.46. The number of hydrogen-bond donors (Lipinski definition) is 0. The van der Waals surface area contributed by atoms with Gasteiger partial charge < -0.3 is 0 Å². The Balaban J connectivity index is 2.32. The van der Waals surface area contributed by atoms with Gasteiger partial charge in [-0.25, -0.2) is 0 Å². The molecule has 0 bridgehead atoms. The van der Waals surface area contributed by atoms with Crippen LogP contribution in [0, 0.1) is 0 Å². The van der Waals surface area contributed by atoms with Gasteiger partial charge in [-0.2, -0.15) is 26.0 Å². The van der Waals surface area contributed by atoms with E-state index in [1.807, 2.05) is 0 Å². The Kier molecular flexibility index (Phi) is 5.17. The van der Waals surface area contributed by atoms with Gasteiger partial charge in [0.25, 0.3) is 10.0 Å². The molecule has 0 heterocycles. The molecule has 2 aromatic rings. The Labute approximate surface area is 144 Å². The molecule has 0 atom stereocenters. The highest BCUT2D eigenvalue weighted by Crippen LogP contribution is 2.30. The molecule has 0 saturated carbocycles. The van der Waals surface area contributed by atoms with Gasteiger partial charge in [0, 0.05) is 16.3 Å². The average molecular weight is 427 g/mol. The van der Waals surface area contributed by atoms with Crippen molar-refractivity contribution in [1.29, 1.82) is 0 Å². The molecule has 0 aromatic heterocycles. The van der Waals surface area contributed by atoms with Gasteiger partial charge in [0.05, 0.1) is 15.5 Å². The van der Waals surface area contributed by atoms with E-state index in [4.69, 9.17) is 11.6 Å². The van der Waals surface area contributed by atoms with Crippen molar-refractivity contribution in [2.75, 3.05) is 0 Å². The van der Waals surface area contributed by atoms with Crippen LogP contribution in [0.15, 0.2) is 56.2 Å². The summed E-state index contributed by atoms with van der Waals surface area (Å²) in [7, 11) is -4.11. The first-order valence-corrected chi connectivity index (χ1v) is 8.64. The van der Waals surface area contributed by atoms with Crippen LogP contribution in [-0.2, 0) is 16.2 Å². The lowest BCUT2D eigenvalue weighted by molar-refractivity contribution is -0.137.